The van der Waals surface area contributed by atoms with E-state index in [-0.39, 0.29) is 5.82 Å². The van der Waals surface area contributed by atoms with Crippen molar-refractivity contribution in [3.8, 4) is 0 Å². The number of hydrogen-bond acceptors (Lipinski definition) is 5. The molecule has 0 radical (unpaired) electrons. The molecule has 4 nitrogen and oxygen atoms in total. The molecule has 0 aliphatic rings. The molecule has 1 aromatic rings. The minimum absolute atomic E-state index is 0.246. The van der Waals surface area contributed by atoms with Gasteiger partial charge in [0.25, 0.3) is 0 Å². The Bertz CT molecular complexity index is 321. The van der Waals surface area contributed by atoms with Gasteiger partial charge in [-0.05, 0) is 6.26 Å². The number of thioether (sulfide) groups is 1. The first-order chi connectivity index (χ1) is 7.17. The molecule has 0 saturated heterocycles. The molecule has 0 aliphatic heterocycles. The van der Waals surface area contributed by atoms with Crippen molar-refractivity contribution in [3.63, 3.8) is 0 Å². The molecule has 0 aromatic carbocycles. The van der Waals surface area contributed by atoms with Gasteiger partial charge in [0.15, 0.2) is 11.6 Å². The molecule has 1 aromatic heterocycles. The summed E-state index contributed by atoms with van der Waals surface area (Å²) < 4.78 is 13.2. The molecule has 1 heterocycles. The van der Waals surface area contributed by atoms with Crippen LogP contribution in [0, 0.1) is 5.82 Å². The van der Waals surface area contributed by atoms with E-state index in [1.807, 2.05) is 6.26 Å². The van der Waals surface area contributed by atoms with Gasteiger partial charge < -0.3 is 10.6 Å². The Morgan fingerprint density at radius 1 is 1.60 bits per heavy atom. The van der Waals surface area contributed by atoms with Crippen LogP contribution in [0.25, 0.3) is 0 Å². The molecule has 15 heavy (non-hydrogen) atoms. The molecule has 0 bridgehead atoms. The molecular formula is C9H15FN4S. The summed E-state index contributed by atoms with van der Waals surface area (Å²) in [5.74, 6) is 0.230. The Kier molecular flexibility index (Phi) is 4.61. The molecule has 1 unspecified atom stereocenters. The van der Waals surface area contributed by atoms with Gasteiger partial charge in [-0.25, -0.2) is 9.37 Å². The van der Waals surface area contributed by atoms with Gasteiger partial charge in [-0.1, -0.05) is 6.92 Å². The van der Waals surface area contributed by atoms with Gasteiger partial charge in [0.2, 0.25) is 5.95 Å². The van der Waals surface area contributed by atoms with Gasteiger partial charge in [-0.3, -0.25) is 0 Å². The first-order valence-electron chi connectivity index (χ1n) is 4.64. The van der Waals surface area contributed by atoms with Crippen LogP contribution >= 0.6 is 11.8 Å². The minimum atomic E-state index is -0.428. The molecule has 0 aliphatic carbocycles. The second-order valence-corrected chi connectivity index (χ2v) is 4.34. The topological polar surface area (TPSA) is 49.8 Å². The van der Waals surface area contributed by atoms with E-state index < -0.39 is 5.82 Å². The van der Waals surface area contributed by atoms with E-state index >= 15 is 0 Å². The third-order valence-corrected chi connectivity index (χ3v) is 2.90. The summed E-state index contributed by atoms with van der Waals surface area (Å²) in [6.45, 7) is 2.74. The monoisotopic (exact) mass is 230 g/mol. The summed E-state index contributed by atoms with van der Waals surface area (Å²) in [7, 11) is 1.70. The van der Waals surface area contributed by atoms with Crippen molar-refractivity contribution < 1.29 is 4.39 Å². The smallest absolute Gasteiger partial charge is 0.224 e. The van der Waals surface area contributed by atoms with Crippen LogP contribution in [0.2, 0.25) is 0 Å². The van der Waals surface area contributed by atoms with Crippen molar-refractivity contribution in [3.05, 3.63) is 12.0 Å². The Morgan fingerprint density at radius 2 is 2.33 bits per heavy atom. The Labute approximate surface area is 93.1 Å². The van der Waals surface area contributed by atoms with Gasteiger partial charge in [-0.2, -0.15) is 16.7 Å². The largest absolute Gasteiger partial charge is 0.366 e. The highest BCUT2D eigenvalue weighted by atomic mass is 32.2. The van der Waals surface area contributed by atoms with Crippen LogP contribution in [0.4, 0.5) is 16.2 Å². The van der Waals surface area contributed by atoms with E-state index in [0.29, 0.717) is 17.7 Å². The second-order valence-electron chi connectivity index (χ2n) is 3.07. The summed E-state index contributed by atoms with van der Waals surface area (Å²) in [6, 6.07) is 0. The molecular weight excluding hydrogens is 215 g/mol. The highest BCUT2D eigenvalue weighted by molar-refractivity contribution is 7.99. The first kappa shape index (κ1) is 12.0. The number of hydrogen-bond donors (Lipinski definition) is 2. The van der Waals surface area contributed by atoms with E-state index in [1.165, 1.54) is 0 Å². The predicted molar refractivity (Wildman–Crippen MR) is 63.0 cm³/mol. The van der Waals surface area contributed by atoms with Crippen LogP contribution in [0.1, 0.15) is 6.92 Å². The highest BCUT2D eigenvalue weighted by Gasteiger charge is 2.07. The van der Waals surface area contributed by atoms with Gasteiger partial charge in [0.1, 0.15) is 0 Å². The Morgan fingerprint density at radius 3 is 2.93 bits per heavy atom. The SMILES string of the molecule is CNc1ncc(F)c(NCC(C)SC)n1. The van der Waals surface area contributed by atoms with Gasteiger partial charge in [0, 0.05) is 18.8 Å². The summed E-state index contributed by atoms with van der Waals surface area (Å²) in [5, 5.41) is 6.13. The average Bonchev–Trinajstić information content (AvgIpc) is 2.27. The summed E-state index contributed by atoms with van der Waals surface area (Å²) >= 11 is 1.72. The van der Waals surface area contributed by atoms with Gasteiger partial charge >= 0.3 is 0 Å². The molecule has 1 rings (SSSR count). The lowest BCUT2D eigenvalue weighted by atomic mass is 10.4. The van der Waals surface area contributed by atoms with E-state index in [9.17, 15) is 4.39 Å². The standard InChI is InChI=1S/C9H15FN4S/c1-6(15-3)4-12-8-7(10)5-13-9(11-2)14-8/h5-6H,4H2,1-3H3,(H2,11,12,13,14). The summed E-state index contributed by atoms with van der Waals surface area (Å²) in [4.78, 5) is 7.74. The number of nitrogens with zero attached hydrogens (tertiary/aromatic N) is 2. The molecule has 84 valence electrons. The highest BCUT2D eigenvalue weighted by Crippen LogP contribution is 2.13. The van der Waals surface area contributed by atoms with E-state index in [2.05, 4.69) is 27.5 Å². The normalized spacial score (nSPS) is 12.3. The van der Waals surface area contributed by atoms with Crippen LogP contribution in [0.5, 0.6) is 0 Å². The van der Waals surface area contributed by atoms with Crippen molar-refractivity contribution in [1.82, 2.24) is 9.97 Å². The lowest BCUT2D eigenvalue weighted by Crippen LogP contribution is -2.15. The zero-order valence-electron chi connectivity index (χ0n) is 9.04. The van der Waals surface area contributed by atoms with Crippen molar-refractivity contribution in [2.75, 3.05) is 30.5 Å². The second kappa shape index (κ2) is 5.75. The Hall–Kier alpha value is -1.04. The number of aromatic nitrogens is 2. The molecule has 6 heteroatoms. The third kappa shape index (κ3) is 3.54. The zero-order chi connectivity index (χ0) is 11.3. The van der Waals surface area contributed by atoms with Crippen LogP contribution < -0.4 is 10.6 Å². The van der Waals surface area contributed by atoms with Crippen molar-refractivity contribution in [2.24, 2.45) is 0 Å². The maximum Gasteiger partial charge on any atom is 0.224 e. The molecule has 2 N–H and O–H groups in total. The van der Waals surface area contributed by atoms with Gasteiger partial charge in [-0.15, -0.1) is 0 Å². The molecule has 1 atom stereocenters. The van der Waals surface area contributed by atoms with Crippen molar-refractivity contribution >= 4 is 23.5 Å². The third-order valence-electron chi connectivity index (χ3n) is 1.93. The fourth-order valence-electron chi connectivity index (χ4n) is 0.935. The molecule has 0 amide bonds. The fourth-order valence-corrected chi connectivity index (χ4v) is 1.19. The summed E-state index contributed by atoms with van der Waals surface area (Å²) in [5.41, 5.74) is 0. The number of anilines is 2. The number of nitrogens with one attached hydrogen (secondary N) is 2. The number of rotatable bonds is 5. The predicted octanol–water partition coefficient (Wildman–Crippen LogP) is 1.82. The van der Waals surface area contributed by atoms with Crippen LogP contribution in [-0.4, -0.2) is 35.1 Å². The maximum absolute atomic E-state index is 13.2. The van der Waals surface area contributed by atoms with E-state index in [0.717, 1.165) is 6.20 Å². The lowest BCUT2D eigenvalue weighted by Gasteiger charge is -2.11. The van der Waals surface area contributed by atoms with E-state index in [1.54, 1.807) is 18.8 Å². The van der Waals surface area contributed by atoms with Gasteiger partial charge in [0.05, 0.1) is 6.20 Å². The van der Waals surface area contributed by atoms with E-state index in [4.69, 9.17) is 0 Å². The quantitative estimate of drug-likeness (QED) is 0.808. The zero-order valence-corrected chi connectivity index (χ0v) is 9.86. The average molecular weight is 230 g/mol. The molecule has 0 fully saturated rings. The lowest BCUT2D eigenvalue weighted by molar-refractivity contribution is 0.617. The first-order valence-corrected chi connectivity index (χ1v) is 5.93. The number of halogens is 1. The van der Waals surface area contributed by atoms with Crippen LogP contribution in [0.15, 0.2) is 6.20 Å². The summed E-state index contributed by atoms with van der Waals surface area (Å²) in [6.07, 6.45) is 3.17. The Balaban J connectivity index is 2.66. The van der Waals surface area contributed by atoms with Crippen molar-refractivity contribution in [1.29, 1.82) is 0 Å². The van der Waals surface area contributed by atoms with Crippen LogP contribution in [0.3, 0.4) is 0 Å². The minimum Gasteiger partial charge on any atom is -0.366 e. The maximum atomic E-state index is 13.2. The fraction of sp³-hybridized carbons (Fsp3) is 0.556. The van der Waals surface area contributed by atoms with Crippen molar-refractivity contribution in [2.45, 2.75) is 12.2 Å². The molecule has 0 spiro atoms. The molecule has 0 saturated carbocycles. The van der Waals surface area contributed by atoms with Crippen LogP contribution in [-0.2, 0) is 0 Å².